The van der Waals surface area contributed by atoms with Gasteiger partial charge in [0.2, 0.25) is 11.8 Å². The minimum Gasteiger partial charge on any atom is -0.480 e. The first kappa shape index (κ1) is 15.9. The number of rotatable bonds is 5. The molecule has 0 aromatic carbocycles. The highest BCUT2D eigenvalue weighted by Crippen LogP contribution is 2.36. The lowest BCUT2D eigenvalue weighted by Gasteiger charge is -2.28. The largest absolute Gasteiger partial charge is 0.480 e. The maximum atomic E-state index is 13.0. The van der Waals surface area contributed by atoms with Gasteiger partial charge in [-0.2, -0.15) is 0 Å². The van der Waals surface area contributed by atoms with Crippen LogP contribution in [0.4, 0.5) is 8.78 Å². The highest BCUT2D eigenvalue weighted by atomic mass is 19.3. The second-order valence-corrected chi connectivity index (χ2v) is 5.66. The van der Waals surface area contributed by atoms with Crippen molar-refractivity contribution in [1.82, 2.24) is 5.32 Å². The van der Waals surface area contributed by atoms with Crippen LogP contribution in [0.15, 0.2) is 0 Å². The Labute approximate surface area is 111 Å². The molecule has 0 heterocycles. The van der Waals surface area contributed by atoms with E-state index in [1.165, 1.54) is 0 Å². The van der Waals surface area contributed by atoms with Crippen LogP contribution in [-0.2, 0) is 9.59 Å². The number of hydrogen-bond acceptors (Lipinski definition) is 2. The van der Waals surface area contributed by atoms with E-state index in [9.17, 15) is 18.4 Å². The lowest BCUT2D eigenvalue weighted by molar-refractivity contribution is -0.143. The summed E-state index contributed by atoms with van der Waals surface area (Å²) in [5.74, 6) is -4.53. The van der Waals surface area contributed by atoms with Crippen molar-refractivity contribution in [2.24, 2.45) is 11.8 Å². The Morgan fingerprint density at radius 1 is 1.32 bits per heavy atom. The summed E-state index contributed by atoms with van der Waals surface area (Å²) in [6.45, 7) is 3.73. The molecule has 110 valence electrons. The van der Waals surface area contributed by atoms with E-state index in [-0.39, 0.29) is 31.6 Å². The molecule has 2 N–H and O–H groups in total. The second-order valence-electron chi connectivity index (χ2n) is 5.66. The SMILES string of the molecule is CC(C)CC(NC(=O)C1CCC(F)(F)CC1)C(=O)O. The topological polar surface area (TPSA) is 66.4 Å². The van der Waals surface area contributed by atoms with Crippen molar-refractivity contribution in [3.05, 3.63) is 0 Å². The molecule has 1 amide bonds. The van der Waals surface area contributed by atoms with Crippen molar-refractivity contribution < 1.29 is 23.5 Å². The van der Waals surface area contributed by atoms with Gasteiger partial charge in [0.15, 0.2) is 0 Å². The van der Waals surface area contributed by atoms with E-state index in [1.54, 1.807) is 0 Å². The average Bonchev–Trinajstić information content (AvgIpc) is 2.27. The van der Waals surface area contributed by atoms with Crippen LogP contribution in [0.3, 0.4) is 0 Å². The maximum Gasteiger partial charge on any atom is 0.326 e. The van der Waals surface area contributed by atoms with E-state index in [1.807, 2.05) is 13.8 Å². The second kappa shape index (κ2) is 6.30. The van der Waals surface area contributed by atoms with E-state index in [0.717, 1.165) is 0 Å². The smallest absolute Gasteiger partial charge is 0.326 e. The number of carbonyl (C=O) groups excluding carboxylic acids is 1. The van der Waals surface area contributed by atoms with Crippen LogP contribution in [0, 0.1) is 11.8 Å². The first-order chi connectivity index (χ1) is 8.71. The van der Waals surface area contributed by atoms with Crippen LogP contribution in [0.25, 0.3) is 0 Å². The predicted molar refractivity (Wildman–Crippen MR) is 65.9 cm³/mol. The summed E-state index contributed by atoms with van der Waals surface area (Å²) in [7, 11) is 0. The van der Waals surface area contributed by atoms with E-state index in [0.29, 0.717) is 6.42 Å². The number of halogens is 2. The van der Waals surface area contributed by atoms with Gasteiger partial charge in [0.25, 0.3) is 0 Å². The average molecular weight is 277 g/mol. The highest BCUT2D eigenvalue weighted by molar-refractivity contribution is 5.85. The van der Waals surface area contributed by atoms with Crippen LogP contribution < -0.4 is 5.32 Å². The molecule has 1 fully saturated rings. The minimum absolute atomic E-state index is 0.118. The molecule has 6 heteroatoms. The predicted octanol–water partition coefficient (Wildman–Crippen LogP) is 2.43. The molecule has 0 saturated heterocycles. The zero-order valence-corrected chi connectivity index (χ0v) is 11.3. The summed E-state index contributed by atoms with van der Waals surface area (Å²) in [4.78, 5) is 22.9. The van der Waals surface area contributed by atoms with Crippen molar-refractivity contribution >= 4 is 11.9 Å². The van der Waals surface area contributed by atoms with Gasteiger partial charge in [-0.1, -0.05) is 13.8 Å². The monoisotopic (exact) mass is 277 g/mol. The highest BCUT2D eigenvalue weighted by Gasteiger charge is 2.38. The fourth-order valence-corrected chi connectivity index (χ4v) is 2.28. The molecular weight excluding hydrogens is 256 g/mol. The summed E-state index contributed by atoms with van der Waals surface area (Å²) in [5.41, 5.74) is 0. The number of carbonyl (C=O) groups is 2. The van der Waals surface area contributed by atoms with Crippen molar-refractivity contribution in [3.63, 3.8) is 0 Å². The molecule has 1 aliphatic carbocycles. The van der Waals surface area contributed by atoms with E-state index in [2.05, 4.69) is 5.32 Å². The minimum atomic E-state index is -2.68. The fourth-order valence-electron chi connectivity index (χ4n) is 2.28. The Morgan fingerprint density at radius 2 is 1.84 bits per heavy atom. The molecule has 0 aromatic rings. The molecule has 0 radical (unpaired) electrons. The Hall–Kier alpha value is -1.20. The number of amides is 1. The number of nitrogens with one attached hydrogen (secondary N) is 1. The number of hydrogen-bond donors (Lipinski definition) is 2. The van der Waals surface area contributed by atoms with Crippen LogP contribution in [-0.4, -0.2) is 28.9 Å². The summed E-state index contributed by atoms with van der Waals surface area (Å²) in [6.07, 6.45) is -0.0241. The number of alkyl halides is 2. The molecule has 0 aliphatic heterocycles. The van der Waals surface area contributed by atoms with E-state index in [4.69, 9.17) is 5.11 Å². The Morgan fingerprint density at radius 3 is 2.26 bits per heavy atom. The molecule has 1 atom stereocenters. The molecule has 1 unspecified atom stereocenters. The third-order valence-corrected chi connectivity index (χ3v) is 3.41. The summed E-state index contributed by atoms with van der Waals surface area (Å²) in [6, 6.07) is -0.935. The Kier molecular flexibility index (Phi) is 5.26. The first-order valence-electron chi connectivity index (χ1n) is 6.62. The van der Waals surface area contributed by atoms with Gasteiger partial charge < -0.3 is 10.4 Å². The van der Waals surface area contributed by atoms with Crippen LogP contribution in [0.2, 0.25) is 0 Å². The van der Waals surface area contributed by atoms with Gasteiger partial charge in [0.05, 0.1) is 0 Å². The summed E-state index contributed by atoms with van der Waals surface area (Å²) in [5, 5.41) is 11.5. The molecule has 1 rings (SSSR count). The molecule has 4 nitrogen and oxygen atoms in total. The van der Waals surface area contributed by atoms with Gasteiger partial charge in [-0.25, -0.2) is 13.6 Å². The molecular formula is C13H21F2NO3. The third kappa shape index (κ3) is 5.12. The van der Waals surface area contributed by atoms with Gasteiger partial charge in [0, 0.05) is 18.8 Å². The normalized spacial score (nSPS) is 21.1. The Bertz CT molecular complexity index is 335. The van der Waals surface area contributed by atoms with Gasteiger partial charge in [-0.3, -0.25) is 4.79 Å². The molecule has 0 spiro atoms. The lowest BCUT2D eigenvalue weighted by Crippen LogP contribution is -2.45. The van der Waals surface area contributed by atoms with Crippen LogP contribution in [0.5, 0.6) is 0 Å². The molecule has 19 heavy (non-hydrogen) atoms. The van der Waals surface area contributed by atoms with Gasteiger partial charge in [0.1, 0.15) is 6.04 Å². The molecule has 0 bridgehead atoms. The van der Waals surface area contributed by atoms with Crippen LogP contribution in [0.1, 0.15) is 46.0 Å². The van der Waals surface area contributed by atoms with Crippen molar-refractivity contribution in [1.29, 1.82) is 0 Å². The zero-order valence-electron chi connectivity index (χ0n) is 11.3. The number of aliphatic carboxylic acids is 1. The third-order valence-electron chi connectivity index (χ3n) is 3.41. The molecule has 0 aromatic heterocycles. The maximum absolute atomic E-state index is 13.0. The van der Waals surface area contributed by atoms with Crippen LogP contribution >= 0.6 is 0 Å². The van der Waals surface area contributed by atoms with E-state index >= 15 is 0 Å². The molecule has 1 saturated carbocycles. The number of carboxylic acids is 1. The standard InChI is InChI=1S/C13H21F2NO3/c1-8(2)7-10(12(18)19)16-11(17)9-3-5-13(14,15)6-4-9/h8-10H,3-7H2,1-2H3,(H,16,17)(H,18,19). The summed E-state index contributed by atoms with van der Waals surface area (Å²) < 4.78 is 26.0. The number of carboxylic acid groups (broad SMARTS) is 1. The van der Waals surface area contributed by atoms with Gasteiger partial charge >= 0.3 is 5.97 Å². The van der Waals surface area contributed by atoms with E-state index < -0.39 is 29.8 Å². The molecule has 1 aliphatic rings. The Balaban J connectivity index is 2.51. The van der Waals surface area contributed by atoms with Crippen molar-refractivity contribution in [2.75, 3.05) is 0 Å². The summed E-state index contributed by atoms with van der Waals surface area (Å²) >= 11 is 0. The first-order valence-corrected chi connectivity index (χ1v) is 6.62. The van der Waals surface area contributed by atoms with Crippen molar-refractivity contribution in [3.8, 4) is 0 Å². The van der Waals surface area contributed by atoms with Gasteiger partial charge in [-0.05, 0) is 25.2 Å². The zero-order chi connectivity index (χ0) is 14.6. The van der Waals surface area contributed by atoms with Gasteiger partial charge in [-0.15, -0.1) is 0 Å². The lowest BCUT2D eigenvalue weighted by atomic mass is 9.86. The quantitative estimate of drug-likeness (QED) is 0.811. The van der Waals surface area contributed by atoms with Crippen molar-refractivity contribution in [2.45, 2.75) is 57.9 Å². The fraction of sp³-hybridized carbons (Fsp3) is 0.846.